The molecule has 1 atom stereocenters. The second-order valence-electron chi connectivity index (χ2n) is 4.28. The zero-order valence-electron chi connectivity index (χ0n) is 7.55. The van der Waals surface area contributed by atoms with Crippen molar-refractivity contribution in [2.24, 2.45) is 0 Å². The molecule has 0 N–H and O–H groups in total. The van der Waals surface area contributed by atoms with Crippen molar-refractivity contribution in [1.82, 2.24) is 0 Å². The van der Waals surface area contributed by atoms with Crippen LogP contribution in [-0.4, -0.2) is 13.9 Å². The summed E-state index contributed by atoms with van der Waals surface area (Å²) >= 11 is 0. The molecule has 62 valence electrons. The van der Waals surface area contributed by atoms with Gasteiger partial charge in [0.1, 0.15) is 5.78 Å². The minimum atomic E-state index is -1.26. The highest BCUT2D eigenvalue weighted by Crippen LogP contribution is 2.29. The first-order valence-electron chi connectivity index (χ1n) is 4.21. The fourth-order valence-corrected chi connectivity index (χ4v) is 3.32. The van der Waals surface area contributed by atoms with E-state index in [0.29, 0.717) is 5.78 Å². The fourth-order valence-electron chi connectivity index (χ4n) is 1.49. The Morgan fingerprint density at radius 2 is 2.09 bits per heavy atom. The van der Waals surface area contributed by atoms with E-state index in [1.165, 1.54) is 0 Å². The average Bonchev–Trinajstić information content (AvgIpc) is 1.86. The van der Waals surface area contributed by atoms with Crippen LogP contribution >= 0.6 is 0 Å². The summed E-state index contributed by atoms with van der Waals surface area (Å²) in [6.45, 7) is 6.77. The molecule has 0 aliphatic heterocycles. The molecule has 0 radical (unpaired) electrons. The second-order valence-corrected chi connectivity index (χ2v) is 9.63. The molecular formula is C9H16OSi. The molecule has 0 amide bonds. The normalized spacial score (nSPS) is 25.7. The molecule has 2 heteroatoms. The SMILES string of the molecule is C[Si](C)(C)C1C=CCCC1=O. The molecule has 0 aromatic carbocycles. The molecule has 1 aliphatic carbocycles. The van der Waals surface area contributed by atoms with Crippen LogP contribution in [0.15, 0.2) is 12.2 Å². The molecular weight excluding hydrogens is 152 g/mol. The summed E-state index contributed by atoms with van der Waals surface area (Å²) in [6, 6.07) is 0. The molecule has 1 unspecified atom stereocenters. The van der Waals surface area contributed by atoms with Crippen LogP contribution in [0.5, 0.6) is 0 Å². The second kappa shape index (κ2) is 2.93. The summed E-state index contributed by atoms with van der Waals surface area (Å²) < 4.78 is 0. The summed E-state index contributed by atoms with van der Waals surface area (Å²) in [5.74, 6) is 0.465. The number of carbonyl (C=O) groups is 1. The third-order valence-corrected chi connectivity index (χ3v) is 4.55. The summed E-state index contributed by atoms with van der Waals surface area (Å²) in [6.07, 6.45) is 6.01. The largest absolute Gasteiger partial charge is 0.299 e. The van der Waals surface area contributed by atoms with Crippen LogP contribution in [-0.2, 0) is 4.79 Å². The number of carbonyl (C=O) groups excluding carboxylic acids is 1. The summed E-state index contributed by atoms with van der Waals surface area (Å²) in [5, 5.41) is 0. The fraction of sp³-hybridized carbons (Fsp3) is 0.667. The average molecular weight is 168 g/mol. The van der Waals surface area contributed by atoms with E-state index in [1.54, 1.807) is 0 Å². The van der Waals surface area contributed by atoms with Gasteiger partial charge in [-0.1, -0.05) is 31.8 Å². The lowest BCUT2D eigenvalue weighted by Gasteiger charge is -2.26. The highest BCUT2D eigenvalue weighted by molar-refractivity contribution is 6.81. The maximum atomic E-state index is 11.4. The van der Waals surface area contributed by atoms with Crippen LogP contribution in [0.3, 0.4) is 0 Å². The summed E-state index contributed by atoms with van der Waals surface area (Å²) in [5.41, 5.74) is 0.288. The van der Waals surface area contributed by atoms with Crippen LogP contribution < -0.4 is 0 Å². The highest BCUT2D eigenvalue weighted by Gasteiger charge is 2.31. The van der Waals surface area contributed by atoms with Crippen molar-refractivity contribution in [3.05, 3.63) is 12.2 Å². The molecule has 0 spiro atoms. The molecule has 1 nitrogen and oxygen atoms in total. The van der Waals surface area contributed by atoms with E-state index in [4.69, 9.17) is 0 Å². The Balaban J connectivity index is 2.77. The molecule has 0 heterocycles. The Morgan fingerprint density at radius 3 is 2.45 bits per heavy atom. The van der Waals surface area contributed by atoms with E-state index in [1.807, 2.05) is 0 Å². The summed E-state index contributed by atoms with van der Waals surface area (Å²) in [7, 11) is -1.26. The molecule has 1 aliphatic rings. The van der Waals surface area contributed by atoms with Gasteiger partial charge in [-0.05, 0) is 6.42 Å². The molecule has 11 heavy (non-hydrogen) atoms. The van der Waals surface area contributed by atoms with Gasteiger partial charge in [0.2, 0.25) is 0 Å². The van der Waals surface area contributed by atoms with E-state index < -0.39 is 8.07 Å². The molecule has 0 aromatic heterocycles. The number of hydrogen-bond acceptors (Lipinski definition) is 1. The Hall–Kier alpha value is -0.373. The van der Waals surface area contributed by atoms with Crippen LogP contribution in [0.4, 0.5) is 0 Å². The van der Waals surface area contributed by atoms with Gasteiger partial charge in [0.25, 0.3) is 0 Å². The van der Waals surface area contributed by atoms with Gasteiger partial charge in [-0.25, -0.2) is 0 Å². The van der Waals surface area contributed by atoms with E-state index in [9.17, 15) is 4.79 Å². The van der Waals surface area contributed by atoms with Crippen molar-refractivity contribution in [1.29, 1.82) is 0 Å². The van der Waals surface area contributed by atoms with Crippen LogP contribution in [0.25, 0.3) is 0 Å². The lowest BCUT2D eigenvalue weighted by atomic mass is 10.1. The predicted octanol–water partition coefficient (Wildman–Crippen LogP) is 2.61. The number of hydrogen-bond donors (Lipinski definition) is 0. The van der Waals surface area contributed by atoms with E-state index in [2.05, 4.69) is 31.8 Å². The molecule has 0 aromatic rings. The third kappa shape index (κ3) is 2.03. The first kappa shape index (κ1) is 8.72. The predicted molar refractivity (Wildman–Crippen MR) is 50.5 cm³/mol. The number of rotatable bonds is 1. The van der Waals surface area contributed by atoms with Gasteiger partial charge in [0, 0.05) is 12.0 Å². The zero-order valence-corrected chi connectivity index (χ0v) is 8.55. The minimum absolute atomic E-state index is 0.288. The Bertz CT molecular complexity index is 188. The molecule has 1 rings (SSSR count). The number of Topliss-reactive ketones (excluding diaryl/α,β-unsaturated/α-hetero) is 1. The van der Waals surface area contributed by atoms with Gasteiger partial charge in [-0.3, -0.25) is 4.79 Å². The van der Waals surface area contributed by atoms with Crippen LogP contribution in [0.2, 0.25) is 25.2 Å². The van der Waals surface area contributed by atoms with Crippen LogP contribution in [0, 0.1) is 0 Å². The Morgan fingerprint density at radius 1 is 1.45 bits per heavy atom. The molecule has 0 bridgehead atoms. The standard InChI is InChI=1S/C9H16OSi/c1-11(2,3)9-7-5-4-6-8(9)10/h5,7,9H,4,6H2,1-3H3. The van der Waals surface area contributed by atoms with E-state index in [-0.39, 0.29) is 5.54 Å². The zero-order chi connectivity index (χ0) is 8.48. The van der Waals surface area contributed by atoms with Gasteiger partial charge < -0.3 is 0 Å². The third-order valence-electron chi connectivity index (χ3n) is 2.17. The Labute approximate surface area is 69.5 Å². The smallest absolute Gasteiger partial charge is 0.137 e. The van der Waals surface area contributed by atoms with E-state index in [0.717, 1.165) is 12.8 Å². The Kier molecular flexibility index (Phi) is 2.33. The van der Waals surface area contributed by atoms with Crippen molar-refractivity contribution in [2.75, 3.05) is 0 Å². The maximum absolute atomic E-state index is 11.4. The maximum Gasteiger partial charge on any atom is 0.137 e. The van der Waals surface area contributed by atoms with Gasteiger partial charge in [-0.2, -0.15) is 0 Å². The first-order chi connectivity index (χ1) is 5.02. The highest BCUT2D eigenvalue weighted by atomic mass is 28.3. The topological polar surface area (TPSA) is 17.1 Å². The molecule has 0 saturated heterocycles. The number of ketones is 1. The summed E-state index contributed by atoms with van der Waals surface area (Å²) in [4.78, 5) is 11.4. The van der Waals surface area contributed by atoms with Crippen molar-refractivity contribution in [3.8, 4) is 0 Å². The quantitative estimate of drug-likeness (QED) is 0.434. The van der Waals surface area contributed by atoms with Crippen molar-refractivity contribution < 1.29 is 4.79 Å². The minimum Gasteiger partial charge on any atom is -0.299 e. The van der Waals surface area contributed by atoms with Gasteiger partial charge >= 0.3 is 0 Å². The lowest BCUT2D eigenvalue weighted by Crippen LogP contribution is -2.33. The monoisotopic (exact) mass is 168 g/mol. The van der Waals surface area contributed by atoms with Crippen molar-refractivity contribution >= 4 is 13.9 Å². The van der Waals surface area contributed by atoms with Gasteiger partial charge in [0.15, 0.2) is 0 Å². The molecule has 0 fully saturated rings. The first-order valence-corrected chi connectivity index (χ1v) is 7.79. The number of allylic oxidation sites excluding steroid dienone is 2. The van der Waals surface area contributed by atoms with Gasteiger partial charge in [-0.15, -0.1) is 0 Å². The van der Waals surface area contributed by atoms with Crippen molar-refractivity contribution in [2.45, 2.75) is 38.0 Å². The molecule has 0 saturated carbocycles. The van der Waals surface area contributed by atoms with Crippen LogP contribution in [0.1, 0.15) is 12.8 Å². The van der Waals surface area contributed by atoms with Gasteiger partial charge in [0.05, 0.1) is 8.07 Å². The van der Waals surface area contributed by atoms with E-state index >= 15 is 0 Å². The lowest BCUT2D eigenvalue weighted by molar-refractivity contribution is -0.118. The van der Waals surface area contributed by atoms with Crippen molar-refractivity contribution in [3.63, 3.8) is 0 Å².